The van der Waals surface area contributed by atoms with Crippen LogP contribution in [0.1, 0.15) is 31.9 Å². The van der Waals surface area contributed by atoms with Gasteiger partial charge in [0.25, 0.3) is 0 Å². The summed E-state index contributed by atoms with van der Waals surface area (Å²) in [6, 6.07) is 11.5. The largest absolute Gasteiger partial charge is 0.491 e. The predicted octanol–water partition coefficient (Wildman–Crippen LogP) is 2.57. The van der Waals surface area contributed by atoms with Crippen LogP contribution in [-0.4, -0.2) is 41.8 Å². The zero-order valence-electron chi connectivity index (χ0n) is 16.6. The van der Waals surface area contributed by atoms with Crippen LogP contribution in [0.4, 0.5) is 9.18 Å². The average Bonchev–Trinajstić information content (AvgIpc) is 2.97. The molecule has 2 aliphatic rings. The first-order chi connectivity index (χ1) is 13.7. The van der Waals surface area contributed by atoms with Gasteiger partial charge in [-0.05, 0) is 61.6 Å². The van der Waals surface area contributed by atoms with Crippen LogP contribution in [0.25, 0.3) is 0 Å². The molecule has 1 N–H and O–H groups in total. The van der Waals surface area contributed by atoms with Gasteiger partial charge in [-0.3, -0.25) is 4.90 Å². The first-order valence-electron chi connectivity index (χ1n) is 9.51. The number of hydrogen-bond donors (Lipinski definition) is 1. The number of halogens is 1. The minimum absolute atomic E-state index is 0.282. The van der Waals surface area contributed by atoms with E-state index in [0.29, 0.717) is 12.4 Å². The number of ether oxygens (including phenoxy) is 2. The summed E-state index contributed by atoms with van der Waals surface area (Å²) in [6.45, 7) is 6.31. The molecule has 2 aliphatic heterocycles. The molecule has 0 aromatic heterocycles. The molecule has 2 aromatic rings. The zero-order chi connectivity index (χ0) is 20.8. The van der Waals surface area contributed by atoms with Gasteiger partial charge in [-0.25, -0.2) is 9.18 Å². The Balaban J connectivity index is 1.58. The monoisotopic (exact) mass is 399 g/mol. The van der Waals surface area contributed by atoms with E-state index in [1.54, 1.807) is 29.2 Å². The summed E-state index contributed by atoms with van der Waals surface area (Å²) >= 11 is 0. The van der Waals surface area contributed by atoms with Crippen LogP contribution in [0.15, 0.2) is 42.5 Å². The summed E-state index contributed by atoms with van der Waals surface area (Å²) in [6.07, 6.45) is -0.413. The van der Waals surface area contributed by atoms with Gasteiger partial charge in [0.05, 0.1) is 19.7 Å². The first kappa shape index (κ1) is 19.7. The quantitative estimate of drug-likeness (QED) is 0.804. The van der Waals surface area contributed by atoms with Crippen LogP contribution in [0.2, 0.25) is 0 Å². The molecule has 1 amide bonds. The number of fused-ring (bicyclic) bond motifs is 1. The molecule has 2 heterocycles. The fourth-order valence-electron chi connectivity index (χ4n) is 3.58. The molecule has 1 saturated heterocycles. The van der Waals surface area contributed by atoms with Crippen LogP contribution in [0.3, 0.4) is 0 Å². The molecular formula is C21H23BFNO5. The molecule has 0 atom stereocenters. The first-order valence-corrected chi connectivity index (χ1v) is 9.51. The van der Waals surface area contributed by atoms with Crippen molar-refractivity contribution in [3.05, 3.63) is 59.4 Å². The molecule has 0 aliphatic carbocycles. The highest BCUT2D eigenvalue weighted by Gasteiger charge is 2.50. The molecule has 1 fully saturated rings. The minimum atomic E-state index is -0.920. The van der Waals surface area contributed by atoms with E-state index >= 15 is 0 Å². The zero-order valence-corrected chi connectivity index (χ0v) is 16.6. The van der Waals surface area contributed by atoms with Crippen molar-refractivity contribution in [1.29, 1.82) is 0 Å². The van der Waals surface area contributed by atoms with Crippen molar-refractivity contribution in [2.75, 3.05) is 13.1 Å². The second kappa shape index (κ2) is 7.04. The predicted molar refractivity (Wildman–Crippen MR) is 105 cm³/mol. The van der Waals surface area contributed by atoms with Crippen molar-refractivity contribution < 1.29 is 28.3 Å². The standard InChI is InChI=1S/C21H23BFNO5/c1-20(2,3)29-19(25)24-12-21(13-24,15-4-6-16(23)7-5-15)28-17-8-9-18-14(10-17)11-27-22(18)26/h4-10,26H,11-13H2,1-3H3. The number of carbonyl (C=O) groups excluding carboxylic acids is 1. The minimum Gasteiger partial charge on any atom is -0.479 e. The van der Waals surface area contributed by atoms with E-state index in [9.17, 15) is 14.2 Å². The number of likely N-dealkylation sites (tertiary alicyclic amines) is 1. The molecule has 152 valence electrons. The molecule has 0 spiro atoms. The number of nitrogens with zero attached hydrogens (tertiary/aromatic N) is 1. The average molecular weight is 399 g/mol. The lowest BCUT2D eigenvalue weighted by molar-refractivity contribution is -0.0863. The van der Waals surface area contributed by atoms with E-state index in [0.717, 1.165) is 16.6 Å². The second-order valence-corrected chi connectivity index (χ2v) is 8.46. The van der Waals surface area contributed by atoms with Crippen molar-refractivity contribution in [3.8, 4) is 5.75 Å². The third-order valence-electron chi connectivity index (χ3n) is 5.00. The Morgan fingerprint density at radius 1 is 1.21 bits per heavy atom. The Morgan fingerprint density at radius 2 is 1.90 bits per heavy atom. The molecular weight excluding hydrogens is 376 g/mol. The van der Waals surface area contributed by atoms with Gasteiger partial charge in [-0.1, -0.05) is 18.2 Å². The number of benzene rings is 2. The van der Waals surface area contributed by atoms with Crippen LogP contribution >= 0.6 is 0 Å². The van der Waals surface area contributed by atoms with Gasteiger partial charge in [0.15, 0.2) is 5.60 Å². The van der Waals surface area contributed by atoms with E-state index in [1.165, 1.54) is 12.1 Å². The van der Waals surface area contributed by atoms with Gasteiger partial charge in [0, 0.05) is 0 Å². The number of amides is 1. The van der Waals surface area contributed by atoms with Gasteiger partial charge in [0.2, 0.25) is 0 Å². The number of rotatable bonds is 3. The normalized spacial score (nSPS) is 17.6. The molecule has 4 rings (SSSR count). The van der Waals surface area contributed by atoms with Crippen molar-refractivity contribution in [3.63, 3.8) is 0 Å². The third kappa shape index (κ3) is 3.95. The highest BCUT2D eigenvalue weighted by atomic mass is 19.1. The van der Waals surface area contributed by atoms with E-state index in [4.69, 9.17) is 14.1 Å². The maximum Gasteiger partial charge on any atom is 0.491 e. The fraction of sp³-hybridized carbons (Fsp3) is 0.381. The summed E-state index contributed by atoms with van der Waals surface area (Å²) in [5.41, 5.74) is 0.948. The molecule has 0 radical (unpaired) electrons. The van der Waals surface area contributed by atoms with Gasteiger partial charge in [-0.2, -0.15) is 0 Å². The lowest BCUT2D eigenvalue weighted by Gasteiger charge is -2.49. The number of carbonyl (C=O) groups is 1. The lowest BCUT2D eigenvalue weighted by Crippen LogP contribution is -2.64. The molecule has 2 aromatic carbocycles. The van der Waals surface area contributed by atoms with E-state index in [1.807, 2.05) is 26.8 Å². The van der Waals surface area contributed by atoms with Crippen LogP contribution in [0.5, 0.6) is 5.75 Å². The fourth-order valence-corrected chi connectivity index (χ4v) is 3.58. The van der Waals surface area contributed by atoms with Gasteiger partial charge in [-0.15, -0.1) is 0 Å². The van der Waals surface area contributed by atoms with Crippen molar-refractivity contribution in [1.82, 2.24) is 4.90 Å². The van der Waals surface area contributed by atoms with Gasteiger partial charge in [0.1, 0.15) is 17.2 Å². The summed E-state index contributed by atoms with van der Waals surface area (Å²) in [5.74, 6) is 0.255. The second-order valence-electron chi connectivity index (χ2n) is 8.46. The number of hydrogen-bond acceptors (Lipinski definition) is 5. The Hall–Kier alpha value is -2.58. The maximum atomic E-state index is 13.4. The van der Waals surface area contributed by atoms with Crippen LogP contribution in [0, 0.1) is 5.82 Å². The SMILES string of the molecule is CC(C)(C)OC(=O)N1CC(Oc2ccc3c(c2)COB3O)(c2ccc(F)cc2)C1. The third-order valence-corrected chi connectivity index (χ3v) is 5.00. The summed E-state index contributed by atoms with van der Waals surface area (Å²) in [7, 11) is -0.920. The van der Waals surface area contributed by atoms with E-state index in [2.05, 4.69) is 0 Å². The highest BCUT2D eigenvalue weighted by molar-refractivity contribution is 6.61. The smallest absolute Gasteiger partial charge is 0.479 e. The molecule has 0 saturated carbocycles. The van der Waals surface area contributed by atoms with Gasteiger partial charge < -0.3 is 19.2 Å². The summed E-state index contributed by atoms with van der Waals surface area (Å²) < 4.78 is 30.4. The Bertz CT molecular complexity index is 922. The van der Waals surface area contributed by atoms with Crippen molar-refractivity contribution in [2.24, 2.45) is 0 Å². The molecule has 0 unspecified atom stereocenters. The maximum absolute atomic E-state index is 13.4. The molecule has 29 heavy (non-hydrogen) atoms. The summed E-state index contributed by atoms with van der Waals surface area (Å²) in [5, 5.41) is 9.80. The van der Waals surface area contributed by atoms with Crippen molar-refractivity contribution >= 4 is 18.7 Å². The Labute approximate surface area is 169 Å². The highest BCUT2D eigenvalue weighted by Crippen LogP contribution is 2.38. The summed E-state index contributed by atoms with van der Waals surface area (Å²) in [4.78, 5) is 14.0. The van der Waals surface area contributed by atoms with Crippen LogP contribution < -0.4 is 10.2 Å². The van der Waals surface area contributed by atoms with Crippen LogP contribution in [-0.2, 0) is 21.6 Å². The Kier molecular flexibility index (Phi) is 4.79. The molecule has 8 heteroatoms. The van der Waals surface area contributed by atoms with Gasteiger partial charge >= 0.3 is 13.2 Å². The van der Waals surface area contributed by atoms with E-state index in [-0.39, 0.29) is 18.9 Å². The topological polar surface area (TPSA) is 68.2 Å². The lowest BCUT2D eigenvalue weighted by atomic mass is 9.79. The van der Waals surface area contributed by atoms with Crippen molar-refractivity contribution in [2.45, 2.75) is 38.6 Å². The molecule has 6 nitrogen and oxygen atoms in total. The Morgan fingerprint density at radius 3 is 2.55 bits per heavy atom. The molecule has 0 bridgehead atoms. The van der Waals surface area contributed by atoms with E-state index < -0.39 is 24.4 Å².